The molecule has 1 aliphatic heterocycles. The average Bonchev–Trinajstić information content (AvgIpc) is 3.27. The third-order valence-corrected chi connectivity index (χ3v) is 6.88. The highest BCUT2D eigenvalue weighted by atomic mass is 16.5. The molecule has 2 amide bonds. The van der Waals surface area contributed by atoms with E-state index in [4.69, 9.17) is 9.15 Å². The summed E-state index contributed by atoms with van der Waals surface area (Å²) in [7, 11) is 3.57. The molecule has 2 unspecified atom stereocenters. The molecule has 0 spiro atoms. The van der Waals surface area contributed by atoms with E-state index in [1.807, 2.05) is 31.4 Å². The Hall–Kier alpha value is -3.58. The first-order valence-electron chi connectivity index (χ1n) is 10.8. The van der Waals surface area contributed by atoms with Gasteiger partial charge in [-0.1, -0.05) is 12.1 Å². The highest BCUT2D eigenvalue weighted by Gasteiger charge is 2.54. The van der Waals surface area contributed by atoms with Crippen LogP contribution in [0.25, 0.3) is 33.0 Å². The summed E-state index contributed by atoms with van der Waals surface area (Å²) in [6, 6.07) is 11.7. The summed E-state index contributed by atoms with van der Waals surface area (Å²) < 4.78 is 13.4. The largest absolute Gasteiger partial charge is 0.463 e. The van der Waals surface area contributed by atoms with E-state index in [0.29, 0.717) is 41.8 Å². The summed E-state index contributed by atoms with van der Waals surface area (Å²) in [5, 5.41) is 7.60. The van der Waals surface area contributed by atoms with Gasteiger partial charge in [-0.2, -0.15) is 0 Å². The van der Waals surface area contributed by atoms with Crippen molar-refractivity contribution in [2.75, 3.05) is 20.3 Å². The lowest BCUT2D eigenvalue weighted by Crippen LogP contribution is -2.30. The van der Waals surface area contributed by atoms with Crippen molar-refractivity contribution < 1.29 is 18.7 Å². The molecule has 2 aromatic heterocycles. The third kappa shape index (κ3) is 2.78. The molecule has 4 aromatic rings. The zero-order valence-electron chi connectivity index (χ0n) is 17.8. The number of fused-ring (bicyclic) bond motifs is 3. The molecule has 0 bridgehead atoms. The van der Waals surface area contributed by atoms with E-state index in [1.165, 1.54) is 0 Å². The molecule has 3 heterocycles. The second-order valence-electron chi connectivity index (χ2n) is 8.66. The van der Waals surface area contributed by atoms with Gasteiger partial charge >= 0.3 is 0 Å². The van der Waals surface area contributed by atoms with Crippen LogP contribution in [0.5, 0.6) is 0 Å². The summed E-state index contributed by atoms with van der Waals surface area (Å²) in [6.07, 6.45) is 3.69. The van der Waals surface area contributed by atoms with Gasteiger partial charge in [0, 0.05) is 65.6 Å². The van der Waals surface area contributed by atoms with Gasteiger partial charge in [0.05, 0.1) is 25.0 Å². The van der Waals surface area contributed by atoms with E-state index in [0.717, 1.165) is 27.4 Å². The molecule has 1 saturated carbocycles. The molecule has 2 aromatic carbocycles. The molecule has 2 N–H and O–H groups in total. The van der Waals surface area contributed by atoms with Crippen molar-refractivity contribution in [2.45, 2.75) is 6.04 Å². The quantitative estimate of drug-likeness (QED) is 0.521. The number of rotatable bonds is 4. The van der Waals surface area contributed by atoms with Crippen molar-refractivity contribution in [3.8, 4) is 11.1 Å². The number of hydrogen-bond acceptors (Lipinski definition) is 4. The molecule has 7 heteroatoms. The van der Waals surface area contributed by atoms with E-state index in [1.54, 1.807) is 19.4 Å². The summed E-state index contributed by atoms with van der Waals surface area (Å²) in [4.78, 5) is 25.7. The standard InChI is InChI=1S/C25H23N3O4/c1-26-25(30)17-9-13(24(29)27-22-19-10-31-11-20(19)22)8-16-18(12-32-23(16)17)14-4-3-5-21-15(14)6-7-28(21)2/h3-9,12,19-20,22H,10-11H2,1-2H3,(H,26,30)(H,27,29). The number of carbonyl (C=O) groups excluding carboxylic acids is 2. The fraction of sp³-hybridized carbons (Fsp3) is 0.280. The molecule has 6 rings (SSSR count). The van der Waals surface area contributed by atoms with Crippen LogP contribution in [0.2, 0.25) is 0 Å². The number of nitrogens with zero attached hydrogens (tertiary/aromatic N) is 1. The van der Waals surface area contributed by atoms with Crippen LogP contribution >= 0.6 is 0 Å². The van der Waals surface area contributed by atoms with Crippen LogP contribution in [0, 0.1) is 11.8 Å². The van der Waals surface area contributed by atoms with E-state index in [2.05, 4.69) is 27.3 Å². The Labute approximate surface area is 184 Å². The number of ether oxygens (including phenoxy) is 1. The Bertz CT molecular complexity index is 1390. The van der Waals surface area contributed by atoms with Gasteiger partial charge in [0.1, 0.15) is 5.58 Å². The second kappa shape index (κ2) is 6.97. The van der Waals surface area contributed by atoms with E-state index < -0.39 is 0 Å². The molecule has 2 fully saturated rings. The summed E-state index contributed by atoms with van der Waals surface area (Å²) in [5.74, 6) is 0.337. The van der Waals surface area contributed by atoms with Crippen molar-refractivity contribution in [1.29, 1.82) is 0 Å². The van der Waals surface area contributed by atoms with Crippen LogP contribution in [-0.4, -0.2) is 42.7 Å². The van der Waals surface area contributed by atoms with Crippen molar-refractivity contribution >= 4 is 33.7 Å². The first kappa shape index (κ1) is 19.1. The maximum atomic E-state index is 13.1. The molecule has 1 aliphatic carbocycles. The topological polar surface area (TPSA) is 85.5 Å². The number of aryl methyl sites for hydroxylation is 1. The lowest BCUT2D eigenvalue weighted by molar-refractivity contribution is 0.0929. The Morgan fingerprint density at radius 3 is 2.62 bits per heavy atom. The summed E-state index contributed by atoms with van der Waals surface area (Å²) >= 11 is 0. The van der Waals surface area contributed by atoms with Crippen LogP contribution in [0.1, 0.15) is 20.7 Å². The third-order valence-electron chi connectivity index (χ3n) is 6.88. The molecule has 1 saturated heterocycles. The number of nitrogens with one attached hydrogen (secondary N) is 2. The second-order valence-corrected chi connectivity index (χ2v) is 8.66. The molecule has 2 aliphatic rings. The van der Waals surface area contributed by atoms with Crippen LogP contribution in [0.15, 0.2) is 53.3 Å². The van der Waals surface area contributed by atoms with Gasteiger partial charge in [0.25, 0.3) is 11.8 Å². The fourth-order valence-corrected chi connectivity index (χ4v) is 5.01. The molecule has 2 atom stereocenters. The summed E-state index contributed by atoms with van der Waals surface area (Å²) in [6.45, 7) is 1.40. The number of benzene rings is 2. The zero-order valence-corrected chi connectivity index (χ0v) is 17.8. The van der Waals surface area contributed by atoms with Crippen LogP contribution in [0.4, 0.5) is 0 Å². The first-order chi connectivity index (χ1) is 15.6. The zero-order chi connectivity index (χ0) is 22.0. The van der Waals surface area contributed by atoms with E-state index in [-0.39, 0.29) is 17.9 Å². The highest BCUT2D eigenvalue weighted by Crippen LogP contribution is 2.44. The Balaban J connectivity index is 1.48. The highest BCUT2D eigenvalue weighted by molar-refractivity contribution is 6.13. The number of hydrogen-bond donors (Lipinski definition) is 2. The van der Waals surface area contributed by atoms with Crippen molar-refractivity contribution in [3.05, 3.63) is 60.0 Å². The maximum absolute atomic E-state index is 13.1. The van der Waals surface area contributed by atoms with E-state index >= 15 is 0 Å². The SMILES string of the molecule is CNC(=O)c1cc(C(=O)NC2C3COCC32)cc2c(-c3cccc4c3ccn4C)coc12. The van der Waals surface area contributed by atoms with Gasteiger partial charge in [-0.25, -0.2) is 0 Å². The minimum atomic E-state index is -0.292. The molecular weight excluding hydrogens is 406 g/mol. The maximum Gasteiger partial charge on any atom is 0.254 e. The molecular formula is C25H23N3O4. The minimum Gasteiger partial charge on any atom is -0.463 e. The van der Waals surface area contributed by atoms with Crippen molar-refractivity contribution in [1.82, 2.24) is 15.2 Å². The van der Waals surface area contributed by atoms with Crippen LogP contribution < -0.4 is 10.6 Å². The number of carbonyl (C=O) groups is 2. The van der Waals surface area contributed by atoms with Gasteiger partial charge < -0.3 is 24.4 Å². The number of aromatic nitrogens is 1. The van der Waals surface area contributed by atoms with E-state index in [9.17, 15) is 9.59 Å². The number of amides is 2. The van der Waals surface area contributed by atoms with Crippen LogP contribution in [0.3, 0.4) is 0 Å². The molecule has 162 valence electrons. The molecule has 32 heavy (non-hydrogen) atoms. The minimum absolute atomic E-state index is 0.150. The lowest BCUT2D eigenvalue weighted by Gasteiger charge is -2.10. The van der Waals surface area contributed by atoms with Gasteiger partial charge in [-0.3, -0.25) is 9.59 Å². The smallest absolute Gasteiger partial charge is 0.254 e. The van der Waals surface area contributed by atoms with Gasteiger partial charge in [0.15, 0.2) is 0 Å². The predicted octanol–water partition coefficient (Wildman–Crippen LogP) is 3.33. The first-order valence-corrected chi connectivity index (χ1v) is 10.8. The van der Waals surface area contributed by atoms with Crippen molar-refractivity contribution in [3.63, 3.8) is 0 Å². The Kier molecular flexibility index (Phi) is 4.16. The Morgan fingerprint density at radius 2 is 1.84 bits per heavy atom. The normalized spacial score (nSPS) is 21.6. The average molecular weight is 429 g/mol. The van der Waals surface area contributed by atoms with Gasteiger partial charge in [-0.05, 0) is 29.8 Å². The van der Waals surface area contributed by atoms with Crippen LogP contribution in [-0.2, 0) is 11.8 Å². The van der Waals surface area contributed by atoms with Gasteiger partial charge in [0.2, 0.25) is 0 Å². The lowest BCUT2D eigenvalue weighted by atomic mass is 9.97. The fourth-order valence-electron chi connectivity index (χ4n) is 5.01. The number of furan rings is 1. The molecule has 0 radical (unpaired) electrons. The Morgan fingerprint density at radius 1 is 1.03 bits per heavy atom. The molecule has 7 nitrogen and oxygen atoms in total. The predicted molar refractivity (Wildman–Crippen MR) is 121 cm³/mol. The monoisotopic (exact) mass is 429 g/mol. The van der Waals surface area contributed by atoms with Gasteiger partial charge in [-0.15, -0.1) is 0 Å². The van der Waals surface area contributed by atoms with Crippen molar-refractivity contribution in [2.24, 2.45) is 18.9 Å². The summed E-state index contributed by atoms with van der Waals surface area (Å²) in [5.41, 5.74) is 4.22.